The summed E-state index contributed by atoms with van der Waals surface area (Å²) in [4.78, 5) is 38.6. The maximum atomic E-state index is 12.1. The van der Waals surface area contributed by atoms with Crippen molar-refractivity contribution >= 4 is 23.3 Å². The Kier molecular flexibility index (Phi) is 4.14. The van der Waals surface area contributed by atoms with Crippen LogP contribution in [0.1, 0.15) is 16.8 Å². The van der Waals surface area contributed by atoms with Crippen molar-refractivity contribution in [3.8, 4) is 0 Å². The Bertz CT molecular complexity index is 556. The highest BCUT2D eigenvalue weighted by molar-refractivity contribution is 6.10. The van der Waals surface area contributed by atoms with Gasteiger partial charge in [-0.25, -0.2) is 0 Å². The summed E-state index contributed by atoms with van der Waals surface area (Å²) in [6.45, 7) is 0.239. The van der Waals surface area contributed by atoms with E-state index in [-0.39, 0.29) is 43.7 Å². The molecule has 2 rings (SSSR count). The van der Waals surface area contributed by atoms with E-state index in [4.69, 9.17) is 5.73 Å². The number of ketones is 1. The molecule has 0 bridgehead atoms. The Balaban J connectivity index is 2.35. The first kappa shape index (κ1) is 14.2. The van der Waals surface area contributed by atoms with Gasteiger partial charge in [0.2, 0.25) is 11.8 Å². The maximum Gasteiger partial charge on any atom is 0.247 e. The number of likely N-dealkylation sites (N-methyl/N-ethyl adjacent to an activating group) is 1. The van der Waals surface area contributed by atoms with Crippen molar-refractivity contribution in [1.82, 2.24) is 4.90 Å². The smallest absolute Gasteiger partial charge is 0.247 e. The molecular weight excluding hydrogens is 258 g/mol. The molecule has 6 nitrogen and oxygen atoms in total. The van der Waals surface area contributed by atoms with Crippen LogP contribution in [0.2, 0.25) is 0 Å². The zero-order chi connectivity index (χ0) is 14.7. The van der Waals surface area contributed by atoms with Crippen LogP contribution in [0, 0.1) is 0 Å². The Hall–Kier alpha value is -2.21. The predicted molar refractivity (Wildman–Crippen MR) is 74.4 cm³/mol. The van der Waals surface area contributed by atoms with E-state index in [2.05, 4.69) is 0 Å². The molecule has 20 heavy (non-hydrogen) atoms. The fourth-order valence-electron chi connectivity index (χ4n) is 2.15. The minimum Gasteiger partial charge on any atom is -0.335 e. The van der Waals surface area contributed by atoms with Crippen molar-refractivity contribution in [3.63, 3.8) is 0 Å². The largest absolute Gasteiger partial charge is 0.335 e. The average molecular weight is 275 g/mol. The van der Waals surface area contributed by atoms with Crippen LogP contribution in [0.15, 0.2) is 24.3 Å². The minimum atomic E-state index is -0.194. The lowest BCUT2D eigenvalue weighted by Gasteiger charge is -2.32. The Morgan fingerprint density at radius 2 is 1.90 bits per heavy atom. The second-order valence-corrected chi connectivity index (χ2v) is 4.71. The zero-order valence-electron chi connectivity index (χ0n) is 11.3. The van der Waals surface area contributed by atoms with Gasteiger partial charge in [0, 0.05) is 19.0 Å². The second-order valence-electron chi connectivity index (χ2n) is 4.71. The molecule has 0 unspecified atom stereocenters. The van der Waals surface area contributed by atoms with Crippen LogP contribution in [0.3, 0.4) is 0 Å². The van der Waals surface area contributed by atoms with E-state index in [0.29, 0.717) is 11.3 Å². The number of nitrogens with zero attached hydrogens (tertiary/aromatic N) is 2. The van der Waals surface area contributed by atoms with Gasteiger partial charge < -0.3 is 15.5 Å². The summed E-state index contributed by atoms with van der Waals surface area (Å²) in [6, 6.07) is 6.81. The molecule has 0 radical (unpaired) electrons. The van der Waals surface area contributed by atoms with Crippen LogP contribution < -0.4 is 10.6 Å². The van der Waals surface area contributed by atoms with E-state index in [9.17, 15) is 14.4 Å². The topological polar surface area (TPSA) is 83.7 Å². The number of carbonyl (C=O) groups excluding carboxylic acids is 3. The highest BCUT2D eigenvalue weighted by atomic mass is 16.2. The van der Waals surface area contributed by atoms with Gasteiger partial charge in [0.05, 0.1) is 12.2 Å². The summed E-state index contributed by atoms with van der Waals surface area (Å²) in [7, 11) is 1.59. The van der Waals surface area contributed by atoms with Gasteiger partial charge in [0.25, 0.3) is 0 Å². The number of hydrogen-bond acceptors (Lipinski definition) is 4. The number of carbonyl (C=O) groups is 3. The van der Waals surface area contributed by atoms with Gasteiger partial charge in [0.15, 0.2) is 5.78 Å². The van der Waals surface area contributed by atoms with E-state index in [0.717, 1.165) is 0 Å². The summed E-state index contributed by atoms with van der Waals surface area (Å²) >= 11 is 0. The monoisotopic (exact) mass is 275 g/mol. The molecule has 0 saturated carbocycles. The SMILES string of the molecule is CN1CC(=O)N(c2ccccc2C(=O)CCN)CC1=O. The quantitative estimate of drug-likeness (QED) is 0.785. The van der Waals surface area contributed by atoms with Crippen molar-refractivity contribution in [2.45, 2.75) is 6.42 Å². The Morgan fingerprint density at radius 3 is 2.60 bits per heavy atom. The van der Waals surface area contributed by atoms with Gasteiger partial charge >= 0.3 is 0 Å². The molecule has 0 spiro atoms. The van der Waals surface area contributed by atoms with Gasteiger partial charge in [-0.15, -0.1) is 0 Å². The van der Waals surface area contributed by atoms with Crippen LogP contribution >= 0.6 is 0 Å². The van der Waals surface area contributed by atoms with Crippen molar-refractivity contribution in [2.75, 3.05) is 31.6 Å². The summed E-state index contributed by atoms with van der Waals surface area (Å²) < 4.78 is 0. The molecule has 1 heterocycles. The zero-order valence-corrected chi connectivity index (χ0v) is 11.3. The Morgan fingerprint density at radius 1 is 1.20 bits per heavy atom. The van der Waals surface area contributed by atoms with Gasteiger partial charge in [-0.2, -0.15) is 0 Å². The molecule has 1 aliphatic rings. The number of para-hydroxylation sites is 1. The summed E-state index contributed by atoms with van der Waals surface area (Å²) in [6.07, 6.45) is 0.215. The van der Waals surface area contributed by atoms with Gasteiger partial charge in [-0.05, 0) is 18.7 Å². The lowest BCUT2D eigenvalue weighted by atomic mass is 10.0. The molecule has 1 aromatic rings. The van der Waals surface area contributed by atoms with Crippen molar-refractivity contribution in [2.24, 2.45) is 5.73 Å². The number of hydrogen-bond donors (Lipinski definition) is 1. The molecule has 106 valence electrons. The first-order chi connectivity index (χ1) is 9.54. The number of benzene rings is 1. The first-order valence-corrected chi connectivity index (χ1v) is 6.41. The van der Waals surface area contributed by atoms with Crippen molar-refractivity contribution in [1.29, 1.82) is 0 Å². The van der Waals surface area contributed by atoms with Crippen LogP contribution in [0.4, 0.5) is 5.69 Å². The number of anilines is 1. The van der Waals surface area contributed by atoms with Crippen molar-refractivity contribution in [3.05, 3.63) is 29.8 Å². The predicted octanol–water partition coefficient (Wildman–Crippen LogP) is 0.0231. The van der Waals surface area contributed by atoms with Gasteiger partial charge in [-0.1, -0.05) is 12.1 Å². The third kappa shape index (κ3) is 2.70. The number of amides is 2. The van der Waals surface area contributed by atoms with E-state index in [1.54, 1.807) is 31.3 Å². The molecule has 0 aliphatic carbocycles. The highest BCUT2D eigenvalue weighted by Crippen LogP contribution is 2.23. The van der Waals surface area contributed by atoms with Crippen LogP contribution in [-0.4, -0.2) is 49.2 Å². The first-order valence-electron chi connectivity index (χ1n) is 6.41. The molecule has 1 aliphatic heterocycles. The number of nitrogens with two attached hydrogens (primary N) is 1. The van der Waals surface area contributed by atoms with Gasteiger partial charge in [0.1, 0.15) is 6.54 Å². The fourth-order valence-corrected chi connectivity index (χ4v) is 2.15. The summed E-state index contributed by atoms with van der Waals surface area (Å²) in [5.74, 6) is -0.465. The molecule has 0 atom stereocenters. The molecule has 1 fully saturated rings. The minimum absolute atomic E-state index is 0.0260. The van der Waals surface area contributed by atoms with Gasteiger partial charge in [-0.3, -0.25) is 14.4 Å². The van der Waals surface area contributed by atoms with Crippen LogP contribution in [0.5, 0.6) is 0 Å². The lowest BCUT2D eigenvalue weighted by Crippen LogP contribution is -2.52. The Labute approximate surface area is 117 Å². The third-order valence-corrected chi connectivity index (χ3v) is 3.26. The fraction of sp³-hybridized carbons (Fsp3) is 0.357. The highest BCUT2D eigenvalue weighted by Gasteiger charge is 2.30. The second kappa shape index (κ2) is 5.83. The number of piperazine rings is 1. The number of Topliss-reactive ketones (excluding diaryl/α,β-unsaturated/α-hetero) is 1. The average Bonchev–Trinajstić information content (AvgIpc) is 2.43. The lowest BCUT2D eigenvalue weighted by molar-refractivity contribution is -0.136. The summed E-state index contributed by atoms with van der Waals surface area (Å²) in [5.41, 5.74) is 6.32. The van der Waals surface area contributed by atoms with Crippen LogP contribution in [0.25, 0.3) is 0 Å². The van der Waals surface area contributed by atoms with E-state index in [1.807, 2.05) is 0 Å². The molecule has 6 heteroatoms. The standard InChI is InChI=1S/C14H17N3O3/c1-16-8-14(20)17(9-13(16)19)11-5-3-2-4-10(11)12(18)6-7-15/h2-5H,6-9,15H2,1H3. The molecule has 2 N–H and O–H groups in total. The maximum absolute atomic E-state index is 12.1. The molecule has 2 amide bonds. The van der Waals surface area contributed by atoms with E-state index in [1.165, 1.54) is 9.80 Å². The normalized spacial score (nSPS) is 15.7. The third-order valence-electron chi connectivity index (χ3n) is 3.26. The summed E-state index contributed by atoms with van der Waals surface area (Å²) in [5, 5.41) is 0. The molecular formula is C14H17N3O3. The number of rotatable bonds is 4. The van der Waals surface area contributed by atoms with Crippen LogP contribution in [-0.2, 0) is 9.59 Å². The molecule has 0 aromatic heterocycles. The van der Waals surface area contributed by atoms with E-state index < -0.39 is 0 Å². The van der Waals surface area contributed by atoms with E-state index >= 15 is 0 Å². The molecule has 1 saturated heterocycles. The molecule has 1 aromatic carbocycles. The van der Waals surface area contributed by atoms with Crippen molar-refractivity contribution < 1.29 is 14.4 Å².